The van der Waals surface area contributed by atoms with Crippen molar-refractivity contribution in [3.05, 3.63) is 97.6 Å². The molecule has 5 aromatic heterocycles. The Labute approximate surface area is 173 Å². The van der Waals surface area contributed by atoms with Gasteiger partial charge in [-0.15, -0.1) is 0 Å². The number of hydrogen-bond acceptors (Lipinski definition) is 6. The number of hydrogen-bond donors (Lipinski definition) is 0. The third-order valence-corrected chi connectivity index (χ3v) is 4.54. The Bertz CT molecular complexity index is 1190. The minimum Gasteiger partial charge on any atom is -0.255 e. The number of rotatable bonds is 4. The van der Waals surface area contributed by atoms with Gasteiger partial charge in [-0.25, -0.2) is 19.9 Å². The Hall–Kier alpha value is -4.32. The van der Waals surface area contributed by atoms with Crippen LogP contribution in [-0.4, -0.2) is 29.9 Å². The average molecular weight is 388 g/mol. The topological polar surface area (TPSA) is 77.3 Å². The first kappa shape index (κ1) is 17.8. The van der Waals surface area contributed by atoms with Crippen molar-refractivity contribution >= 4 is 0 Å². The van der Waals surface area contributed by atoms with Crippen LogP contribution in [0, 0.1) is 0 Å². The molecule has 0 unspecified atom stereocenters. The van der Waals surface area contributed by atoms with Gasteiger partial charge in [0.1, 0.15) is 6.33 Å². The first-order chi connectivity index (χ1) is 14.9. The zero-order chi connectivity index (χ0) is 20.2. The molecule has 0 aromatic carbocycles. The Kier molecular flexibility index (Phi) is 4.72. The zero-order valence-corrected chi connectivity index (χ0v) is 15.9. The van der Waals surface area contributed by atoms with Crippen LogP contribution in [0.4, 0.5) is 0 Å². The smallest absolute Gasteiger partial charge is 0.116 e. The highest BCUT2D eigenvalue weighted by atomic mass is 14.9. The quantitative estimate of drug-likeness (QED) is 0.443. The summed E-state index contributed by atoms with van der Waals surface area (Å²) in [6.07, 6.45) is 5.05. The fourth-order valence-electron chi connectivity index (χ4n) is 3.11. The lowest BCUT2D eigenvalue weighted by Crippen LogP contribution is -1.95. The van der Waals surface area contributed by atoms with E-state index in [2.05, 4.69) is 19.9 Å². The van der Waals surface area contributed by atoms with Gasteiger partial charge in [-0.05, 0) is 54.6 Å². The molecule has 5 rings (SSSR count). The van der Waals surface area contributed by atoms with Gasteiger partial charge >= 0.3 is 0 Å². The predicted molar refractivity (Wildman–Crippen MR) is 115 cm³/mol. The van der Waals surface area contributed by atoms with E-state index in [4.69, 9.17) is 9.97 Å². The molecule has 0 amide bonds. The van der Waals surface area contributed by atoms with Gasteiger partial charge in [-0.1, -0.05) is 24.3 Å². The summed E-state index contributed by atoms with van der Waals surface area (Å²) in [5.41, 5.74) is 6.18. The van der Waals surface area contributed by atoms with Gasteiger partial charge in [0, 0.05) is 12.4 Å². The molecule has 0 saturated heterocycles. The summed E-state index contributed by atoms with van der Waals surface area (Å²) in [7, 11) is 0. The Balaban J connectivity index is 1.52. The maximum absolute atomic E-state index is 4.73. The fraction of sp³-hybridized carbons (Fsp3) is 0. The van der Waals surface area contributed by atoms with Crippen LogP contribution in [0.3, 0.4) is 0 Å². The van der Waals surface area contributed by atoms with E-state index in [1.165, 1.54) is 6.33 Å². The van der Waals surface area contributed by atoms with E-state index in [0.29, 0.717) is 0 Å². The molecule has 0 aliphatic rings. The molecule has 0 bridgehead atoms. The molecule has 0 N–H and O–H groups in total. The standard InChI is InChI=1S/C24H16N6/c1-3-13-25-17(7-1)19-9-5-11-21(29-19)23-15-24(28-16-27-23)22-12-6-10-20(30-22)18-8-2-4-14-26-18/h1-16H. The van der Waals surface area contributed by atoms with Gasteiger partial charge < -0.3 is 0 Å². The van der Waals surface area contributed by atoms with Gasteiger partial charge in [-0.2, -0.15) is 0 Å². The van der Waals surface area contributed by atoms with Gasteiger partial charge in [0.2, 0.25) is 0 Å². The average Bonchev–Trinajstić information content (AvgIpc) is 2.85. The second kappa shape index (κ2) is 7.97. The lowest BCUT2D eigenvalue weighted by atomic mass is 10.1. The molecule has 0 spiro atoms. The van der Waals surface area contributed by atoms with Gasteiger partial charge in [0.15, 0.2) is 0 Å². The normalized spacial score (nSPS) is 10.7. The van der Waals surface area contributed by atoms with Gasteiger partial charge in [0.05, 0.1) is 45.6 Å². The SMILES string of the molecule is c1ccc(-c2cccc(-c3cc(-c4cccc(-c5ccccn5)n4)ncn3)n2)nc1. The summed E-state index contributed by atoms with van der Waals surface area (Å²) in [5, 5.41) is 0. The maximum atomic E-state index is 4.73. The molecular weight excluding hydrogens is 372 g/mol. The second-order valence-corrected chi connectivity index (χ2v) is 6.53. The third-order valence-electron chi connectivity index (χ3n) is 4.54. The number of aromatic nitrogens is 6. The van der Waals surface area contributed by atoms with Crippen molar-refractivity contribution in [3.63, 3.8) is 0 Å². The highest BCUT2D eigenvalue weighted by Gasteiger charge is 2.10. The summed E-state index contributed by atoms with van der Waals surface area (Å²) in [6.45, 7) is 0. The number of nitrogens with zero attached hydrogens (tertiary/aromatic N) is 6. The predicted octanol–water partition coefficient (Wildman–Crippen LogP) is 4.72. The van der Waals surface area contributed by atoms with Crippen molar-refractivity contribution in [2.24, 2.45) is 0 Å². The van der Waals surface area contributed by atoms with Crippen LogP contribution in [0.5, 0.6) is 0 Å². The van der Waals surface area contributed by atoms with E-state index in [1.807, 2.05) is 78.9 Å². The molecule has 0 fully saturated rings. The summed E-state index contributed by atoms with van der Waals surface area (Å²) in [6, 6.07) is 25.1. The molecule has 6 nitrogen and oxygen atoms in total. The van der Waals surface area contributed by atoms with Crippen molar-refractivity contribution < 1.29 is 0 Å². The van der Waals surface area contributed by atoms with Crippen molar-refractivity contribution in [2.75, 3.05) is 0 Å². The molecule has 142 valence electrons. The molecule has 0 radical (unpaired) electrons. The Morgan fingerprint density at radius 2 is 0.800 bits per heavy atom. The Morgan fingerprint density at radius 3 is 1.23 bits per heavy atom. The largest absolute Gasteiger partial charge is 0.255 e. The van der Waals surface area contributed by atoms with E-state index >= 15 is 0 Å². The first-order valence-corrected chi connectivity index (χ1v) is 9.46. The van der Waals surface area contributed by atoms with Crippen LogP contribution in [0.1, 0.15) is 0 Å². The van der Waals surface area contributed by atoms with Crippen LogP contribution in [0.15, 0.2) is 97.6 Å². The maximum Gasteiger partial charge on any atom is 0.116 e. The van der Waals surface area contributed by atoms with E-state index < -0.39 is 0 Å². The summed E-state index contributed by atoms with van der Waals surface area (Å²) < 4.78 is 0. The number of pyridine rings is 4. The molecule has 5 aromatic rings. The van der Waals surface area contributed by atoms with E-state index in [-0.39, 0.29) is 0 Å². The van der Waals surface area contributed by atoms with Crippen LogP contribution >= 0.6 is 0 Å². The van der Waals surface area contributed by atoms with Crippen molar-refractivity contribution in [3.8, 4) is 45.6 Å². The Morgan fingerprint density at radius 1 is 0.367 bits per heavy atom. The summed E-state index contributed by atoms with van der Waals surface area (Å²) in [5.74, 6) is 0. The highest BCUT2D eigenvalue weighted by Crippen LogP contribution is 2.24. The monoisotopic (exact) mass is 388 g/mol. The first-order valence-electron chi connectivity index (χ1n) is 9.46. The molecule has 30 heavy (non-hydrogen) atoms. The minimum absolute atomic E-state index is 0.725. The van der Waals surface area contributed by atoms with Crippen molar-refractivity contribution in [2.45, 2.75) is 0 Å². The second-order valence-electron chi connectivity index (χ2n) is 6.53. The van der Waals surface area contributed by atoms with Crippen molar-refractivity contribution in [1.82, 2.24) is 29.9 Å². The van der Waals surface area contributed by atoms with Gasteiger partial charge in [-0.3, -0.25) is 9.97 Å². The third kappa shape index (κ3) is 3.66. The minimum atomic E-state index is 0.725. The van der Waals surface area contributed by atoms with Crippen LogP contribution < -0.4 is 0 Å². The van der Waals surface area contributed by atoms with E-state index in [0.717, 1.165) is 45.6 Å². The van der Waals surface area contributed by atoms with Crippen molar-refractivity contribution in [1.29, 1.82) is 0 Å². The molecule has 0 atom stereocenters. The summed E-state index contributed by atoms with van der Waals surface area (Å²) >= 11 is 0. The molecule has 0 saturated carbocycles. The highest BCUT2D eigenvalue weighted by molar-refractivity contribution is 5.67. The zero-order valence-electron chi connectivity index (χ0n) is 15.9. The van der Waals surface area contributed by atoms with E-state index in [1.54, 1.807) is 12.4 Å². The summed E-state index contributed by atoms with van der Waals surface area (Å²) in [4.78, 5) is 27.0. The molecule has 0 aliphatic heterocycles. The molecule has 6 heteroatoms. The van der Waals surface area contributed by atoms with Gasteiger partial charge in [0.25, 0.3) is 0 Å². The van der Waals surface area contributed by atoms with Crippen LogP contribution in [0.25, 0.3) is 45.6 Å². The molecule has 5 heterocycles. The lowest BCUT2D eigenvalue weighted by Gasteiger charge is -2.07. The van der Waals surface area contributed by atoms with E-state index in [9.17, 15) is 0 Å². The fourth-order valence-corrected chi connectivity index (χ4v) is 3.11. The molecule has 0 aliphatic carbocycles. The lowest BCUT2D eigenvalue weighted by molar-refractivity contribution is 1.14. The van der Waals surface area contributed by atoms with Crippen LogP contribution in [-0.2, 0) is 0 Å². The molecular formula is C24H16N6. The van der Waals surface area contributed by atoms with Crippen LogP contribution in [0.2, 0.25) is 0 Å².